The molecule has 16 heavy (non-hydrogen) atoms. The molecule has 0 bridgehead atoms. The van der Waals surface area contributed by atoms with Crippen LogP contribution in [0.2, 0.25) is 0 Å². The molecule has 4 nitrogen and oxygen atoms in total. The Morgan fingerprint density at radius 2 is 1.88 bits per heavy atom. The molecule has 1 amide bonds. The van der Waals surface area contributed by atoms with Crippen LogP contribution in [0.5, 0.6) is 0 Å². The van der Waals surface area contributed by atoms with Crippen LogP contribution in [0.4, 0.5) is 4.79 Å². The van der Waals surface area contributed by atoms with Gasteiger partial charge < -0.3 is 9.47 Å². The van der Waals surface area contributed by atoms with Gasteiger partial charge in [-0.05, 0) is 5.56 Å². The maximum Gasteiger partial charge on any atom is 0.418 e. The summed E-state index contributed by atoms with van der Waals surface area (Å²) in [6, 6.07) is 9.52. The molecule has 0 fully saturated rings. The highest BCUT2D eigenvalue weighted by atomic mass is 16.6. The summed E-state index contributed by atoms with van der Waals surface area (Å²) in [4.78, 5) is 12.8. The van der Waals surface area contributed by atoms with E-state index in [4.69, 9.17) is 9.47 Å². The summed E-state index contributed by atoms with van der Waals surface area (Å²) in [5.41, 5.74) is 0.956. The lowest BCUT2D eigenvalue weighted by Gasteiger charge is -2.15. The minimum Gasteiger partial charge on any atom is -0.470 e. The molecule has 82 valence electrons. The monoisotopic (exact) mass is 217 g/mol. The van der Waals surface area contributed by atoms with E-state index >= 15 is 0 Å². The predicted molar refractivity (Wildman–Crippen MR) is 57.8 cm³/mol. The van der Waals surface area contributed by atoms with Crippen molar-refractivity contribution in [2.45, 2.75) is 6.61 Å². The Labute approximate surface area is 93.4 Å². The van der Waals surface area contributed by atoms with Crippen LogP contribution in [0.3, 0.4) is 0 Å². The summed E-state index contributed by atoms with van der Waals surface area (Å²) < 4.78 is 9.90. The lowest BCUT2D eigenvalue weighted by Crippen LogP contribution is -2.22. The molecular formula is C12H11NO3. The van der Waals surface area contributed by atoms with Crippen molar-refractivity contribution >= 4 is 6.09 Å². The van der Waals surface area contributed by atoms with Gasteiger partial charge >= 0.3 is 6.09 Å². The molecular weight excluding hydrogens is 206 g/mol. The van der Waals surface area contributed by atoms with Crippen molar-refractivity contribution in [3.8, 4) is 0 Å². The quantitative estimate of drug-likeness (QED) is 0.764. The van der Waals surface area contributed by atoms with E-state index < -0.39 is 6.09 Å². The summed E-state index contributed by atoms with van der Waals surface area (Å²) >= 11 is 0. The summed E-state index contributed by atoms with van der Waals surface area (Å²) in [6.45, 7) is 0.263. The van der Waals surface area contributed by atoms with Crippen molar-refractivity contribution in [3.63, 3.8) is 0 Å². The molecule has 0 aromatic heterocycles. The van der Waals surface area contributed by atoms with E-state index in [9.17, 15) is 4.79 Å². The maximum atomic E-state index is 11.5. The predicted octanol–water partition coefficient (Wildman–Crippen LogP) is 2.60. The molecule has 0 N–H and O–H groups in total. The average molecular weight is 217 g/mol. The molecule has 1 heterocycles. The molecule has 0 spiro atoms. The van der Waals surface area contributed by atoms with Crippen LogP contribution in [0.25, 0.3) is 0 Å². The van der Waals surface area contributed by atoms with Crippen LogP contribution in [0.1, 0.15) is 5.56 Å². The lowest BCUT2D eigenvalue weighted by molar-refractivity contribution is 0.118. The Morgan fingerprint density at radius 1 is 1.19 bits per heavy atom. The highest BCUT2D eigenvalue weighted by Gasteiger charge is 2.11. The first-order valence-corrected chi connectivity index (χ1v) is 4.84. The first-order valence-electron chi connectivity index (χ1n) is 4.84. The Balaban J connectivity index is 1.86. The van der Waals surface area contributed by atoms with Crippen LogP contribution in [0, 0.1) is 0 Å². The highest BCUT2D eigenvalue weighted by Crippen LogP contribution is 2.06. The zero-order valence-electron chi connectivity index (χ0n) is 8.58. The number of rotatable bonds is 2. The van der Waals surface area contributed by atoms with Gasteiger partial charge in [0.1, 0.15) is 19.1 Å². The second kappa shape index (κ2) is 5.02. The van der Waals surface area contributed by atoms with Crippen molar-refractivity contribution in [2.75, 3.05) is 0 Å². The number of carbonyl (C=O) groups is 1. The number of benzene rings is 1. The van der Waals surface area contributed by atoms with E-state index in [2.05, 4.69) is 0 Å². The molecule has 0 saturated carbocycles. The van der Waals surface area contributed by atoms with Crippen molar-refractivity contribution in [1.29, 1.82) is 0 Å². The molecule has 1 aliphatic heterocycles. The third kappa shape index (κ3) is 2.63. The number of amides is 1. The minimum absolute atomic E-state index is 0.263. The molecule has 0 radical (unpaired) electrons. The molecule has 0 atom stereocenters. The molecule has 1 aromatic rings. The van der Waals surface area contributed by atoms with Gasteiger partial charge in [0.25, 0.3) is 0 Å². The number of hydrogen-bond acceptors (Lipinski definition) is 3. The smallest absolute Gasteiger partial charge is 0.418 e. The third-order valence-electron chi connectivity index (χ3n) is 2.02. The number of ether oxygens (including phenoxy) is 2. The van der Waals surface area contributed by atoms with Gasteiger partial charge in [-0.1, -0.05) is 30.3 Å². The van der Waals surface area contributed by atoms with Crippen LogP contribution in [-0.2, 0) is 16.1 Å². The normalized spacial score (nSPS) is 13.4. The molecule has 1 aromatic carbocycles. The van der Waals surface area contributed by atoms with Crippen LogP contribution in [-0.4, -0.2) is 11.0 Å². The maximum absolute atomic E-state index is 11.5. The zero-order valence-corrected chi connectivity index (χ0v) is 8.58. The van der Waals surface area contributed by atoms with Crippen molar-refractivity contribution in [2.24, 2.45) is 0 Å². The van der Waals surface area contributed by atoms with Gasteiger partial charge in [0.2, 0.25) is 0 Å². The average Bonchev–Trinajstić information content (AvgIpc) is 2.38. The topological polar surface area (TPSA) is 38.8 Å². The van der Waals surface area contributed by atoms with E-state index in [-0.39, 0.29) is 6.61 Å². The van der Waals surface area contributed by atoms with E-state index in [1.54, 1.807) is 0 Å². The first-order chi connectivity index (χ1) is 7.86. The van der Waals surface area contributed by atoms with Gasteiger partial charge in [0.05, 0.1) is 12.4 Å². The molecule has 1 aliphatic rings. The minimum atomic E-state index is -0.431. The van der Waals surface area contributed by atoms with Crippen LogP contribution < -0.4 is 0 Å². The van der Waals surface area contributed by atoms with E-state index in [1.807, 2.05) is 30.3 Å². The summed E-state index contributed by atoms with van der Waals surface area (Å²) in [7, 11) is 0. The fourth-order valence-electron chi connectivity index (χ4n) is 1.21. The summed E-state index contributed by atoms with van der Waals surface area (Å²) in [6.07, 6.45) is 5.37. The Bertz CT molecular complexity index is 400. The zero-order chi connectivity index (χ0) is 11.2. The van der Waals surface area contributed by atoms with Crippen molar-refractivity contribution in [3.05, 3.63) is 60.8 Å². The van der Waals surface area contributed by atoms with Crippen LogP contribution >= 0.6 is 0 Å². The van der Waals surface area contributed by atoms with E-state index in [0.29, 0.717) is 0 Å². The SMILES string of the molecule is O=C(OCc1ccccc1)N1C=COC=C1. The standard InChI is InChI=1S/C12H11NO3/c14-12(13-6-8-15-9-7-13)16-10-11-4-2-1-3-5-11/h1-9H,10H2. The highest BCUT2D eigenvalue weighted by molar-refractivity contribution is 5.70. The molecule has 4 heteroatoms. The molecule has 0 unspecified atom stereocenters. The molecule has 0 aliphatic carbocycles. The Kier molecular flexibility index (Phi) is 3.23. The number of carbonyl (C=O) groups excluding carboxylic acids is 1. The van der Waals surface area contributed by atoms with Gasteiger partial charge in [-0.15, -0.1) is 0 Å². The lowest BCUT2D eigenvalue weighted by atomic mass is 10.2. The van der Waals surface area contributed by atoms with Gasteiger partial charge in [-0.3, -0.25) is 4.90 Å². The van der Waals surface area contributed by atoms with Crippen molar-refractivity contribution < 1.29 is 14.3 Å². The second-order valence-electron chi connectivity index (χ2n) is 3.15. The fraction of sp³-hybridized carbons (Fsp3) is 0.0833. The van der Waals surface area contributed by atoms with Gasteiger partial charge in [0.15, 0.2) is 0 Å². The van der Waals surface area contributed by atoms with E-state index in [0.717, 1.165) is 5.56 Å². The van der Waals surface area contributed by atoms with Gasteiger partial charge in [-0.2, -0.15) is 0 Å². The van der Waals surface area contributed by atoms with E-state index in [1.165, 1.54) is 29.8 Å². The van der Waals surface area contributed by atoms with Gasteiger partial charge in [-0.25, -0.2) is 4.79 Å². The van der Waals surface area contributed by atoms with Gasteiger partial charge in [0, 0.05) is 0 Å². The second-order valence-corrected chi connectivity index (χ2v) is 3.15. The third-order valence-corrected chi connectivity index (χ3v) is 2.02. The van der Waals surface area contributed by atoms with Crippen molar-refractivity contribution in [1.82, 2.24) is 4.90 Å². The fourth-order valence-corrected chi connectivity index (χ4v) is 1.21. The molecule has 0 saturated heterocycles. The number of nitrogens with zero attached hydrogens (tertiary/aromatic N) is 1. The van der Waals surface area contributed by atoms with Crippen LogP contribution in [0.15, 0.2) is 55.3 Å². The number of hydrogen-bond donors (Lipinski definition) is 0. The summed E-state index contributed by atoms with van der Waals surface area (Å²) in [5, 5.41) is 0. The largest absolute Gasteiger partial charge is 0.470 e. The first kappa shape index (κ1) is 10.3. The molecule has 2 rings (SSSR count). The Hall–Kier alpha value is -2.23. The summed E-state index contributed by atoms with van der Waals surface area (Å²) in [5.74, 6) is 0. The Morgan fingerprint density at radius 3 is 2.56 bits per heavy atom.